The Bertz CT molecular complexity index is 230. The third kappa shape index (κ3) is 2.44. The highest BCUT2D eigenvalue weighted by molar-refractivity contribution is 5.82. The summed E-state index contributed by atoms with van der Waals surface area (Å²) >= 11 is 0. The zero-order valence-corrected chi connectivity index (χ0v) is 8.19. The second-order valence-electron chi connectivity index (χ2n) is 3.62. The van der Waals surface area contributed by atoms with Crippen molar-refractivity contribution in [1.82, 2.24) is 0 Å². The van der Waals surface area contributed by atoms with Crippen molar-refractivity contribution < 1.29 is 9.53 Å². The van der Waals surface area contributed by atoms with Gasteiger partial charge in [-0.1, -0.05) is 26.0 Å². The number of carbonyl (C=O) groups is 1. The van der Waals surface area contributed by atoms with Crippen LogP contribution in [-0.4, -0.2) is 12.1 Å². The third-order valence-electron chi connectivity index (χ3n) is 2.41. The fourth-order valence-corrected chi connectivity index (χ4v) is 1.65. The number of hydrogen-bond donors (Lipinski definition) is 0. The molecule has 1 aliphatic heterocycles. The van der Waals surface area contributed by atoms with Gasteiger partial charge in [-0.25, -0.2) is 4.79 Å². The normalized spacial score (nSPS) is 29.5. The van der Waals surface area contributed by atoms with Crippen LogP contribution in [0.2, 0.25) is 0 Å². The van der Waals surface area contributed by atoms with E-state index in [1.165, 1.54) is 6.08 Å². The molecule has 0 aromatic rings. The molecule has 0 N–H and O–H groups in total. The lowest BCUT2D eigenvalue weighted by molar-refractivity contribution is -0.149. The van der Waals surface area contributed by atoms with E-state index in [1.54, 1.807) is 0 Å². The van der Waals surface area contributed by atoms with Crippen LogP contribution in [0.1, 0.15) is 20.3 Å². The Morgan fingerprint density at radius 3 is 3.08 bits per heavy atom. The van der Waals surface area contributed by atoms with Crippen molar-refractivity contribution in [3.8, 4) is 0 Å². The number of ether oxygens (including phenoxy) is 1. The average Bonchev–Trinajstić information content (AvgIpc) is 2.09. The van der Waals surface area contributed by atoms with Crippen molar-refractivity contribution in [2.45, 2.75) is 26.4 Å². The van der Waals surface area contributed by atoms with Crippen LogP contribution in [0.3, 0.4) is 0 Å². The topological polar surface area (TPSA) is 26.3 Å². The molecule has 0 aromatic carbocycles. The lowest BCUT2D eigenvalue weighted by Gasteiger charge is -2.29. The zero-order valence-electron chi connectivity index (χ0n) is 8.19. The molecule has 0 aliphatic carbocycles. The second kappa shape index (κ2) is 4.26. The fourth-order valence-electron chi connectivity index (χ4n) is 1.65. The van der Waals surface area contributed by atoms with Gasteiger partial charge in [0, 0.05) is 12.0 Å². The third-order valence-corrected chi connectivity index (χ3v) is 2.41. The van der Waals surface area contributed by atoms with Crippen LogP contribution in [0.5, 0.6) is 0 Å². The first-order valence-electron chi connectivity index (χ1n) is 4.65. The highest BCUT2D eigenvalue weighted by atomic mass is 16.5. The summed E-state index contributed by atoms with van der Waals surface area (Å²) in [6, 6.07) is 0. The molecule has 3 atom stereocenters. The van der Waals surface area contributed by atoms with Gasteiger partial charge in [-0.3, -0.25) is 0 Å². The first-order valence-corrected chi connectivity index (χ1v) is 4.65. The molecular formula is C11H16O2. The van der Waals surface area contributed by atoms with Crippen LogP contribution < -0.4 is 0 Å². The van der Waals surface area contributed by atoms with Gasteiger partial charge in [-0.05, 0) is 12.3 Å². The lowest BCUT2D eigenvalue weighted by Crippen LogP contribution is -2.32. The molecule has 2 heteroatoms. The van der Waals surface area contributed by atoms with Gasteiger partial charge in [0.1, 0.15) is 6.10 Å². The van der Waals surface area contributed by atoms with E-state index in [4.69, 9.17) is 4.74 Å². The van der Waals surface area contributed by atoms with Crippen LogP contribution >= 0.6 is 0 Å². The number of hydrogen-bond acceptors (Lipinski definition) is 2. The molecule has 1 aliphatic rings. The molecule has 1 heterocycles. The van der Waals surface area contributed by atoms with Crippen molar-refractivity contribution >= 4 is 5.97 Å². The van der Waals surface area contributed by atoms with Gasteiger partial charge in [0.2, 0.25) is 0 Å². The van der Waals surface area contributed by atoms with Crippen molar-refractivity contribution in [2.75, 3.05) is 0 Å². The van der Waals surface area contributed by atoms with E-state index in [2.05, 4.69) is 20.4 Å². The first kappa shape index (κ1) is 10.0. The van der Waals surface area contributed by atoms with Crippen molar-refractivity contribution in [3.63, 3.8) is 0 Å². The zero-order chi connectivity index (χ0) is 9.84. The minimum Gasteiger partial charge on any atom is -0.458 e. The van der Waals surface area contributed by atoms with Gasteiger partial charge in [-0.2, -0.15) is 0 Å². The highest BCUT2D eigenvalue weighted by Crippen LogP contribution is 2.24. The van der Waals surface area contributed by atoms with E-state index in [0.717, 1.165) is 6.42 Å². The molecule has 0 amide bonds. The monoisotopic (exact) mass is 180 g/mol. The molecule has 0 bridgehead atoms. The summed E-state index contributed by atoms with van der Waals surface area (Å²) in [7, 11) is 0. The van der Waals surface area contributed by atoms with E-state index in [9.17, 15) is 4.79 Å². The van der Waals surface area contributed by atoms with Crippen molar-refractivity contribution in [1.29, 1.82) is 0 Å². The molecule has 0 spiro atoms. The van der Waals surface area contributed by atoms with Gasteiger partial charge in [0.05, 0.1) is 0 Å². The molecule has 0 radical (unpaired) electrons. The largest absolute Gasteiger partial charge is 0.458 e. The summed E-state index contributed by atoms with van der Waals surface area (Å²) in [5.41, 5.74) is 0. The summed E-state index contributed by atoms with van der Waals surface area (Å²) < 4.78 is 5.24. The molecule has 0 saturated heterocycles. The Hall–Kier alpha value is -1.05. The first-order chi connectivity index (χ1) is 6.15. The maximum Gasteiger partial charge on any atom is 0.330 e. The predicted molar refractivity (Wildman–Crippen MR) is 52.2 cm³/mol. The summed E-state index contributed by atoms with van der Waals surface area (Å²) in [5, 5.41) is 0. The van der Waals surface area contributed by atoms with Gasteiger partial charge < -0.3 is 4.74 Å². The van der Waals surface area contributed by atoms with Crippen LogP contribution in [0, 0.1) is 11.8 Å². The van der Waals surface area contributed by atoms with E-state index >= 15 is 0 Å². The second-order valence-corrected chi connectivity index (χ2v) is 3.62. The molecule has 0 saturated carbocycles. The maximum atomic E-state index is 11.0. The smallest absolute Gasteiger partial charge is 0.330 e. The van der Waals surface area contributed by atoms with Gasteiger partial charge in [-0.15, -0.1) is 6.58 Å². The number of carbonyl (C=O) groups excluding carboxylic acids is 1. The lowest BCUT2D eigenvalue weighted by atomic mass is 9.89. The Morgan fingerprint density at radius 1 is 1.77 bits per heavy atom. The van der Waals surface area contributed by atoms with Gasteiger partial charge >= 0.3 is 5.97 Å². The van der Waals surface area contributed by atoms with Crippen LogP contribution in [-0.2, 0) is 9.53 Å². The minimum atomic E-state index is -0.223. The molecule has 72 valence electrons. The van der Waals surface area contributed by atoms with Crippen LogP contribution in [0.15, 0.2) is 24.8 Å². The molecular weight excluding hydrogens is 164 g/mol. The van der Waals surface area contributed by atoms with Gasteiger partial charge in [0.25, 0.3) is 0 Å². The summed E-state index contributed by atoms with van der Waals surface area (Å²) in [6.45, 7) is 7.82. The summed E-state index contributed by atoms with van der Waals surface area (Å²) in [5.74, 6) is 0.438. The number of cyclic esters (lactones) is 1. The van der Waals surface area contributed by atoms with E-state index in [1.807, 2.05) is 12.2 Å². The standard InChI is InChI=1S/C11H16O2/c1-4-5-8(2)11-9(3)6-7-10(12)13-11/h4,6-9,11H,1,5H2,2-3H3/t8-,9+,11+/m0/s1. The number of rotatable bonds is 3. The highest BCUT2D eigenvalue weighted by Gasteiger charge is 2.27. The quantitative estimate of drug-likeness (QED) is 0.492. The molecule has 13 heavy (non-hydrogen) atoms. The SMILES string of the molecule is C=CC[C@H](C)[C@H]1OC(=O)C=C[C@H]1C. The fraction of sp³-hybridized carbons (Fsp3) is 0.545. The maximum absolute atomic E-state index is 11.0. The van der Waals surface area contributed by atoms with Crippen molar-refractivity contribution in [2.24, 2.45) is 11.8 Å². The van der Waals surface area contributed by atoms with Crippen LogP contribution in [0.4, 0.5) is 0 Å². The molecule has 2 nitrogen and oxygen atoms in total. The van der Waals surface area contributed by atoms with Crippen molar-refractivity contribution in [3.05, 3.63) is 24.8 Å². The summed E-state index contributed by atoms with van der Waals surface area (Å²) in [4.78, 5) is 11.0. The van der Waals surface area contributed by atoms with Crippen LogP contribution in [0.25, 0.3) is 0 Å². The van der Waals surface area contributed by atoms with E-state index in [0.29, 0.717) is 11.8 Å². The molecule has 0 unspecified atom stereocenters. The Labute approximate surface area is 79.3 Å². The number of esters is 1. The van der Waals surface area contributed by atoms with E-state index in [-0.39, 0.29) is 12.1 Å². The average molecular weight is 180 g/mol. The predicted octanol–water partition coefficient (Wildman–Crippen LogP) is 2.32. The molecule has 0 fully saturated rings. The Morgan fingerprint density at radius 2 is 2.46 bits per heavy atom. The molecule has 1 rings (SSSR count). The summed E-state index contributed by atoms with van der Waals surface area (Å²) in [6.07, 6.45) is 6.17. The Kier molecular flexibility index (Phi) is 3.29. The molecule has 0 aromatic heterocycles. The van der Waals surface area contributed by atoms with Gasteiger partial charge in [0.15, 0.2) is 0 Å². The number of allylic oxidation sites excluding steroid dienone is 1. The van der Waals surface area contributed by atoms with E-state index < -0.39 is 0 Å². The Balaban J connectivity index is 2.63. The minimum absolute atomic E-state index is 0.00972.